The Morgan fingerprint density at radius 1 is 1.45 bits per heavy atom. The molecule has 106 valence electrons. The number of benzene rings is 1. The predicted molar refractivity (Wildman–Crippen MR) is 75.8 cm³/mol. The summed E-state index contributed by atoms with van der Waals surface area (Å²) in [4.78, 5) is 18.6. The zero-order chi connectivity index (χ0) is 14.5. The van der Waals surface area contributed by atoms with Gasteiger partial charge in [-0.3, -0.25) is 10.1 Å². The lowest BCUT2D eigenvalue weighted by molar-refractivity contribution is -0.384. The average molecular weight is 276 g/mol. The minimum Gasteiger partial charge on any atom is -0.377 e. The van der Waals surface area contributed by atoms with E-state index in [-0.39, 0.29) is 11.8 Å². The standard InChI is InChI=1S/C13H16N4O3/c1-3-20-9(2)7-14-13-11-6-10(17(18)19)4-5-12(11)15-8-16-13/h4-6,8-9H,3,7H2,1-2H3,(H,14,15,16). The van der Waals surface area contributed by atoms with Gasteiger partial charge in [0.2, 0.25) is 0 Å². The third-order valence-corrected chi connectivity index (χ3v) is 2.84. The van der Waals surface area contributed by atoms with Crippen LogP contribution in [0.5, 0.6) is 0 Å². The summed E-state index contributed by atoms with van der Waals surface area (Å²) in [5.74, 6) is 0.574. The number of anilines is 1. The molecule has 1 atom stereocenters. The number of aromatic nitrogens is 2. The third-order valence-electron chi connectivity index (χ3n) is 2.84. The van der Waals surface area contributed by atoms with Gasteiger partial charge in [-0.05, 0) is 19.9 Å². The molecule has 1 aromatic carbocycles. The van der Waals surface area contributed by atoms with Crippen LogP contribution in [0.1, 0.15) is 13.8 Å². The quantitative estimate of drug-likeness (QED) is 0.643. The number of hydrogen-bond acceptors (Lipinski definition) is 6. The Morgan fingerprint density at radius 2 is 2.25 bits per heavy atom. The largest absolute Gasteiger partial charge is 0.377 e. The normalized spacial score (nSPS) is 12.3. The molecule has 0 spiro atoms. The van der Waals surface area contributed by atoms with Gasteiger partial charge in [-0.2, -0.15) is 0 Å². The van der Waals surface area contributed by atoms with Crippen molar-refractivity contribution in [2.45, 2.75) is 20.0 Å². The summed E-state index contributed by atoms with van der Waals surface area (Å²) in [5.41, 5.74) is 0.686. The predicted octanol–water partition coefficient (Wildman–Crippen LogP) is 2.37. The second-order valence-corrected chi connectivity index (χ2v) is 4.33. The van der Waals surface area contributed by atoms with Gasteiger partial charge in [-0.25, -0.2) is 9.97 Å². The molecule has 0 aliphatic carbocycles. The number of nitro groups is 1. The summed E-state index contributed by atoms with van der Waals surface area (Å²) < 4.78 is 5.42. The Morgan fingerprint density at radius 3 is 2.95 bits per heavy atom. The first-order chi connectivity index (χ1) is 9.61. The number of nitrogens with zero attached hydrogens (tertiary/aromatic N) is 3. The molecule has 2 rings (SSSR count). The summed E-state index contributed by atoms with van der Waals surface area (Å²) in [7, 11) is 0. The highest BCUT2D eigenvalue weighted by Gasteiger charge is 2.11. The van der Waals surface area contributed by atoms with Gasteiger partial charge in [-0.15, -0.1) is 0 Å². The van der Waals surface area contributed by atoms with Crippen molar-refractivity contribution in [3.05, 3.63) is 34.6 Å². The molecule has 1 heterocycles. The Labute approximate surface area is 116 Å². The molecule has 0 aliphatic rings. The van der Waals surface area contributed by atoms with E-state index < -0.39 is 4.92 Å². The Bertz CT molecular complexity index is 618. The second kappa shape index (κ2) is 6.25. The molecule has 7 nitrogen and oxygen atoms in total. The van der Waals surface area contributed by atoms with Crippen LogP contribution in [0.4, 0.5) is 11.5 Å². The van der Waals surface area contributed by atoms with E-state index in [1.165, 1.54) is 18.5 Å². The number of ether oxygens (including phenoxy) is 1. The van der Waals surface area contributed by atoms with Gasteiger partial charge in [-0.1, -0.05) is 0 Å². The van der Waals surface area contributed by atoms with Gasteiger partial charge in [0.15, 0.2) is 0 Å². The van der Waals surface area contributed by atoms with Crippen molar-refractivity contribution >= 4 is 22.4 Å². The van der Waals surface area contributed by atoms with Gasteiger partial charge >= 0.3 is 0 Å². The van der Waals surface area contributed by atoms with Crippen LogP contribution >= 0.6 is 0 Å². The average Bonchev–Trinajstić information content (AvgIpc) is 2.44. The molecule has 0 saturated carbocycles. The minimum absolute atomic E-state index is 0.0215. The highest BCUT2D eigenvalue weighted by molar-refractivity contribution is 5.90. The van der Waals surface area contributed by atoms with Crippen molar-refractivity contribution in [2.75, 3.05) is 18.5 Å². The fourth-order valence-electron chi connectivity index (χ4n) is 1.88. The molecule has 0 radical (unpaired) electrons. The molecule has 1 aromatic heterocycles. The fraction of sp³-hybridized carbons (Fsp3) is 0.385. The van der Waals surface area contributed by atoms with Crippen molar-refractivity contribution in [1.29, 1.82) is 0 Å². The van der Waals surface area contributed by atoms with Gasteiger partial charge in [0, 0.05) is 30.7 Å². The molecule has 7 heteroatoms. The van der Waals surface area contributed by atoms with E-state index in [0.29, 0.717) is 29.9 Å². The molecule has 0 amide bonds. The van der Waals surface area contributed by atoms with Gasteiger partial charge in [0.05, 0.1) is 16.5 Å². The first-order valence-electron chi connectivity index (χ1n) is 6.36. The maximum Gasteiger partial charge on any atom is 0.270 e. The monoisotopic (exact) mass is 276 g/mol. The number of hydrogen-bond donors (Lipinski definition) is 1. The van der Waals surface area contributed by atoms with Crippen LogP contribution in [0.15, 0.2) is 24.5 Å². The van der Waals surface area contributed by atoms with Crippen molar-refractivity contribution < 1.29 is 9.66 Å². The van der Waals surface area contributed by atoms with Gasteiger partial charge in [0.25, 0.3) is 5.69 Å². The first-order valence-corrected chi connectivity index (χ1v) is 6.36. The summed E-state index contributed by atoms with van der Waals surface area (Å²) in [6.45, 7) is 5.09. The van der Waals surface area contributed by atoms with Crippen LogP contribution in [0, 0.1) is 10.1 Å². The molecule has 0 aliphatic heterocycles. The topological polar surface area (TPSA) is 90.2 Å². The highest BCUT2D eigenvalue weighted by Crippen LogP contribution is 2.24. The van der Waals surface area contributed by atoms with E-state index in [1.807, 2.05) is 13.8 Å². The lowest BCUT2D eigenvalue weighted by Gasteiger charge is -2.13. The van der Waals surface area contributed by atoms with E-state index >= 15 is 0 Å². The number of rotatable bonds is 6. The van der Waals surface area contributed by atoms with Crippen molar-refractivity contribution in [2.24, 2.45) is 0 Å². The molecular weight excluding hydrogens is 260 g/mol. The summed E-state index contributed by atoms with van der Waals surface area (Å²) in [5, 5.41) is 14.6. The lowest BCUT2D eigenvalue weighted by Crippen LogP contribution is -2.20. The zero-order valence-electron chi connectivity index (χ0n) is 11.4. The van der Waals surface area contributed by atoms with Crippen molar-refractivity contribution in [3.8, 4) is 0 Å². The number of nitrogens with one attached hydrogen (secondary N) is 1. The Balaban J connectivity index is 2.27. The Hall–Kier alpha value is -2.28. The lowest BCUT2D eigenvalue weighted by atomic mass is 10.2. The zero-order valence-corrected chi connectivity index (χ0v) is 11.4. The van der Waals surface area contributed by atoms with E-state index in [9.17, 15) is 10.1 Å². The fourth-order valence-corrected chi connectivity index (χ4v) is 1.88. The van der Waals surface area contributed by atoms with Crippen LogP contribution in [0.2, 0.25) is 0 Å². The van der Waals surface area contributed by atoms with Crippen molar-refractivity contribution in [3.63, 3.8) is 0 Å². The van der Waals surface area contributed by atoms with Crippen LogP contribution in [0.3, 0.4) is 0 Å². The molecule has 0 bridgehead atoms. The molecule has 0 saturated heterocycles. The van der Waals surface area contributed by atoms with E-state index in [1.54, 1.807) is 6.07 Å². The van der Waals surface area contributed by atoms with Gasteiger partial charge < -0.3 is 10.1 Å². The van der Waals surface area contributed by atoms with Crippen molar-refractivity contribution in [1.82, 2.24) is 9.97 Å². The number of non-ortho nitro benzene ring substituents is 1. The number of fused-ring (bicyclic) bond motifs is 1. The molecule has 2 aromatic rings. The Kier molecular flexibility index (Phi) is 4.41. The molecule has 1 N–H and O–H groups in total. The van der Waals surface area contributed by atoms with E-state index in [2.05, 4.69) is 15.3 Å². The van der Waals surface area contributed by atoms with E-state index in [4.69, 9.17) is 4.74 Å². The van der Waals surface area contributed by atoms with E-state index in [0.717, 1.165) is 0 Å². The SMILES string of the molecule is CCOC(C)CNc1ncnc2ccc([N+](=O)[O-])cc12. The number of nitro benzene ring substituents is 1. The maximum absolute atomic E-state index is 10.8. The van der Waals surface area contributed by atoms with Crippen LogP contribution in [-0.4, -0.2) is 34.1 Å². The second-order valence-electron chi connectivity index (χ2n) is 4.33. The van der Waals surface area contributed by atoms with Crippen LogP contribution in [0.25, 0.3) is 10.9 Å². The first kappa shape index (κ1) is 14.1. The molecule has 0 fully saturated rings. The molecule has 20 heavy (non-hydrogen) atoms. The van der Waals surface area contributed by atoms with Crippen LogP contribution in [-0.2, 0) is 4.74 Å². The third kappa shape index (κ3) is 3.18. The van der Waals surface area contributed by atoms with Crippen LogP contribution < -0.4 is 5.32 Å². The molecule has 1 unspecified atom stereocenters. The maximum atomic E-state index is 10.8. The summed E-state index contributed by atoms with van der Waals surface area (Å²) in [6, 6.07) is 4.53. The van der Waals surface area contributed by atoms with Gasteiger partial charge in [0.1, 0.15) is 12.1 Å². The summed E-state index contributed by atoms with van der Waals surface area (Å²) >= 11 is 0. The summed E-state index contributed by atoms with van der Waals surface area (Å²) in [6.07, 6.45) is 1.46. The smallest absolute Gasteiger partial charge is 0.270 e. The minimum atomic E-state index is -0.432. The highest BCUT2D eigenvalue weighted by atomic mass is 16.6. The molecular formula is C13H16N4O3.